The summed E-state index contributed by atoms with van der Waals surface area (Å²) < 4.78 is 0. The first-order valence-electron chi connectivity index (χ1n) is 6.56. The second-order valence-corrected chi connectivity index (χ2v) is 4.72. The van der Waals surface area contributed by atoms with Gasteiger partial charge in [0.15, 0.2) is 5.82 Å². The number of hydrogen-bond acceptors (Lipinski definition) is 3. The fourth-order valence-corrected chi connectivity index (χ4v) is 2.13. The van der Waals surface area contributed by atoms with Gasteiger partial charge in [0, 0.05) is 5.69 Å². The molecular weight excluding hydrogens is 248 g/mol. The van der Waals surface area contributed by atoms with Crippen LogP contribution < -0.4 is 5.32 Å². The molecule has 1 unspecified atom stereocenters. The Morgan fingerprint density at radius 3 is 2.40 bits per heavy atom. The summed E-state index contributed by atoms with van der Waals surface area (Å²) in [6.45, 7) is 2.08. The second-order valence-electron chi connectivity index (χ2n) is 4.72. The van der Waals surface area contributed by atoms with E-state index in [4.69, 9.17) is 0 Å². The Bertz CT molecular complexity index is 645. The van der Waals surface area contributed by atoms with Gasteiger partial charge in [0.25, 0.3) is 0 Å². The van der Waals surface area contributed by atoms with Crippen molar-refractivity contribution in [2.24, 2.45) is 0 Å². The SMILES string of the molecule is Cc1ccc(NC(c2ccccc2)c2ncn[nH]2)cc1. The molecule has 0 bridgehead atoms. The van der Waals surface area contributed by atoms with E-state index in [0.29, 0.717) is 0 Å². The van der Waals surface area contributed by atoms with Crippen molar-refractivity contribution in [3.8, 4) is 0 Å². The van der Waals surface area contributed by atoms with Gasteiger partial charge < -0.3 is 5.32 Å². The van der Waals surface area contributed by atoms with Gasteiger partial charge in [-0.1, -0.05) is 48.0 Å². The topological polar surface area (TPSA) is 53.6 Å². The summed E-state index contributed by atoms with van der Waals surface area (Å²) >= 11 is 0. The van der Waals surface area contributed by atoms with Gasteiger partial charge >= 0.3 is 0 Å². The predicted octanol–water partition coefficient (Wildman–Crippen LogP) is 3.31. The standard InChI is InChI=1S/C16H16N4/c1-12-7-9-14(10-8-12)19-15(16-17-11-18-20-16)13-5-3-2-4-6-13/h2-11,15,19H,1H3,(H,17,18,20). The third kappa shape index (κ3) is 2.69. The van der Waals surface area contributed by atoms with Crippen LogP contribution in [0.3, 0.4) is 0 Å². The molecule has 100 valence electrons. The van der Waals surface area contributed by atoms with Gasteiger partial charge in [-0.2, -0.15) is 5.10 Å². The molecule has 0 saturated carbocycles. The highest BCUT2D eigenvalue weighted by Gasteiger charge is 2.16. The van der Waals surface area contributed by atoms with Crippen LogP contribution in [0, 0.1) is 6.92 Å². The van der Waals surface area contributed by atoms with E-state index in [1.54, 1.807) is 0 Å². The highest BCUT2D eigenvalue weighted by molar-refractivity contribution is 5.48. The van der Waals surface area contributed by atoms with Crippen molar-refractivity contribution in [1.82, 2.24) is 15.2 Å². The fourth-order valence-electron chi connectivity index (χ4n) is 2.13. The van der Waals surface area contributed by atoms with E-state index < -0.39 is 0 Å². The molecule has 0 aliphatic heterocycles. The average molecular weight is 264 g/mol. The minimum absolute atomic E-state index is 0.0404. The Labute approximate surface area is 117 Å². The zero-order valence-electron chi connectivity index (χ0n) is 11.2. The molecule has 4 heteroatoms. The molecular formula is C16H16N4. The zero-order valence-corrected chi connectivity index (χ0v) is 11.2. The van der Waals surface area contributed by atoms with Crippen molar-refractivity contribution in [2.75, 3.05) is 5.32 Å². The van der Waals surface area contributed by atoms with Crippen LogP contribution in [0.5, 0.6) is 0 Å². The van der Waals surface area contributed by atoms with E-state index in [9.17, 15) is 0 Å². The maximum atomic E-state index is 4.28. The molecule has 0 fully saturated rings. The predicted molar refractivity (Wildman–Crippen MR) is 79.5 cm³/mol. The number of aromatic amines is 1. The molecule has 4 nitrogen and oxygen atoms in total. The second kappa shape index (κ2) is 5.57. The summed E-state index contributed by atoms with van der Waals surface area (Å²) in [5.41, 5.74) is 3.44. The summed E-state index contributed by atoms with van der Waals surface area (Å²) in [6, 6.07) is 18.5. The first-order chi connectivity index (χ1) is 9.83. The van der Waals surface area contributed by atoms with Crippen molar-refractivity contribution >= 4 is 5.69 Å². The van der Waals surface area contributed by atoms with Crippen molar-refractivity contribution in [3.63, 3.8) is 0 Å². The maximum Gasteiger partial charge on any atom is 0.151 e. The summed E-state index contributed by atoms with van der Waals surface area (Å²) in [5, 5.41) is 10.4. The lowest BCUT2D eigenvalue weighted by atomic mass is 10.1. The van der Waals surface area contributed by atoms with E-state index in [1.165, 1.54) is 11.9 Å². The largest absolute Gasteiger partial charge is 0.371 e. The molecule has 20 heavy (non-hydrogen) atoms. The van der Waals surface area contributed by atoms with Gasteiger partial charge in [0.1, 0.15) is 12.4 Å². The molecule has 0 radical (unpaired) electrons. The Balaban J connectivity index is 1.92. The van der Waals surface area contributed by atoms with Crippen LogP contribution in [0.2, 0.25) is 0 Å². The van der Waals surface area contributed by atoms with Crippen LogP contribution in [-0.2, 0) is 0 Å². The lowest BCUT2D eigenvalue weighted by Gasteiger charge is -2.18. The number of aromatic nitrogens is 3. The Morgan fingerprint density at radius 2 is 1.75 bits per heavy atom. The number of hydrogen-bond donors (Lipinski definition) is 2. The molecule has 0 saturated heterocycles. The average Bonchev–Trinajstić information content (AvgIpc) is 3.01. The molecule has 0 spiro atoms. The van der Waals surface area contributed by atoms with Gasteiger partial charge in [-0.15, -0.1) is 0 Å². The van der Waals surface area contributed by atoms with Crippen molar-refractivity contribution in [1.29, 1.82) is 0 Å². The Hall–Kier alpha value is -2.62. The van der Waals surface area contributed by atoms with Crippen molar-refractivity contribution in [2.45, 2.75) is 13.0 Å². The monoisotopic (exact) mass is 264 g/mol. The smallest absolute Gasteiger partial charge is 0.151 e. The number of anilines is 1. The molecule has 3 aromatic rings. The van der Waals surface area contributed by atoms with Crippen LogP contribution >= 0.6 is 0 Å². The molecule has 1 aromatic heterocycles. The minimum Gasteiger partial charge on any atom is -0.371 e. The third-order valence-electron chi connectivity index (χ3n) is 3.20. The lowest BCUT2D eigenvalue weighted by Crippen LogP contribution is -2.14. The number of H-pyrrole nitrogens is 1. The van der Waals surface area contributed by atoms with E-state index in [0.717, 1.165) is 17.1 Å². The Kier molecular flexibility index (Phi) is 3.46. The maximum absolute atomic E-state index is 4.28. The fraction of sp³-hybridized carbons (Fsp3) is 0.125. The molecule has 2 aromatic carbocycles. The van der Waals surface area contributed by atoms with Gasteiger partial charge in [0.2, 0.25) is 0 Å². The quantitative estimate of drug-likeness (QED) is 0.760. The Morgan fingerprint density at radius 1 is 1.00 bits per heavy atom. The van der Waals surface area contributed by atoms with E-state index in [-0.39, 0.29) is 6.04 Å². The van der Waals surface area contributed by atoms with Crippen molar-refractivity contribution < 1.29 is 0 Å². The number of nitrogens with zero attached hydrogens (tertiary/aromatic N) is 2. The number of aryl methyl sites for hydroxylation is 1. The summed E-state index contributed by atoms with van der Waals surface area (Å²) in [4.78, 5) is 4.28. The first-order valence-corrected chi connectivity index (χ1v) is 6.56. The molecule has 0 aliphatic carbocycles. The highest BCUT2D eigenvalue weighted by Crippen LogP contribution is 2.24. The summed E-state index contributed by atoms with van der Waals surface area (Å²) in [5.74, 6) is 0.803. The molecule has 0 amide bonds. The third-order valence-corrected chi connectivity index (χ3v) is 3.20. The lowest BCUT2D eigenvalue weighted by molar-refractivity contribution is 0.836. The van der Waals surface area contributed by atoms with Gasteiger partial charge in [-0.3, -0.25) is 5.10 Å². The van der Waals surface area contributed by atoms with Gasteiger partial charge in [-0.25, -0.2) is 4.98 Å². The molecule has 2 N–H and O–H groups in total. The summed E-state index contributed by atoms with van der Waals surface area (Å²) in [6.07, 6.45) is 1.53. The van der Waals surface area contributed by atoms with Crippen LogP contribution in [-0.4, -0.2) is 15.2 Å². The van der Waals surface area contributed by atoms with Crippen LogP contribution in [0.1, 0.15) is 23.0 Å². The molecule has 1 heterocycles. The van der Waals surface area contributed by atoms with Crippen LogP contribution in [0.15, 0.2) is 60.9 Å². The van der Waals surface area contributed by atoms with Crippen molar-refractivity contribution in [3.05, 3.63) is 77.9 Å². The number of benzene rings is 2. The van der Waals surface area contributed by atoms with E-state index in [2.05, 4.69) is 63.8 Å². The van der Waals surface area contributed by atoms with E-state index in [1.807, 2.05) is 18.2 Å². The van der Waals surface area contributed by atoms with E-state index >= 15 is 0 Å². The van der Waals surface area contributed by atoms with Gasteiger partial charge in [0.05, 0.1) is 0 Å². The van der Waals surface area contributed by atoms with Crippen LogP contribution in [0.4, 0.5) is 5.69 Å². The first kappa shape index (κ1) is 12.4. The summed E-state index contributed by atoms with van der Waals surface area (Å²) in [7, 11) is 0. The minimum atomic E-state index is -0.0404. The van der Waals surface area contributed by atoms with Crippen LogP contribution in [0.25, 0.3) is 0 Å². The molecule has 3 rings (SSSR count). The normalized spacial score (nSPS) is 12.1. The zero-order chi connectivity index (χ0) is 13.8. The molecule has 1 atom stereocenters. The highest BCUT2D eigenvalue weighted by atomic mass is 15.2. The van der Waals surface area contributed by atoms with Gasteiger partial charge in [-0.05, 0) is 24.6 Å². The number of rotatable bonds is 4. The molecule has 0 aliphatic rings. The number of nitrogens with one attached hydrogen (secondary N) is 2.